The first-order valence-corrected chi connectivity index (χ1v) is 5.75. The number of ether oxygens (including phenoxy) is 2. The second kappa shape index (κ2) is 5.09. The van der Waals surface area contributed by atoms with E-state index < -0.39 is 0 Å². The van der Waals surface area contributed by atoms with Crippen molar-refractivity contribution in [2.75, 3.05) is 12.8 Å². The summed E-state index contributed by atoms with van der Waals surface area (Å²) in [6, 6.07) is 4.95. The first-order valence-electron chi connectivity index (χ1n) is 4.96. The van der Waals surface area contributed by atoms with Gasteiger partial charge in [0, 0.05) is 11.8 Å². The Balaban J connectivity index is 2.42. The van der Waals surface area contributed by atoms with Crippen LogP contribution in [0.5, 0.6) is 17.4 Å². The van der Waals surface area contributed by atoms with Crippen LogP contribution >= 0.6 is 15.9 Å². The molecule has 2 aromatic rings. The highest BCUT2D eigenvalue weighted by molar-refractivity contribution is 9.10. The van der Waals surface area contributed by atoms with Crippen LogP contribution in [0.3, 0.4) is 0 Å². The fraction of sp³-hybridized carbons (Fsp3) is 0.0909. The topological polar surface area (TPSA) is 90.2 Å². The van der Waals surface area contributed by atoms with E-state index in [1.807, 2.05) is 0 Å². The van der Waals surface area contributed by atoms with Crippen molar-refractivity contribution in [2.45, 2.75) is 0 Å². The van der Waals surface area contributed by atoms with Gasteiger partial charge in [0.15, 0.2) is 11.5 Å². The number of halogens is 1. The van der Waals surface area contributed by atoms with Gasteiger partial charge < -0.3 is 20.2 Å². The third kappa shape index (κ3) is 2.45. The van der Waals surface area contributed by atoms with E-state index in [2.05, 4.69) is 25.9 Å². The molecule has 0 aliphatic rings. The van der Waals surface area contributed by atoms with Gasteiger partial charge in [-0.3, -0.25) is 4.79 Å². The minimum absolute atomic E-state index is 0.141. The van der Waals surface area contributed by atoms with Crippen LogP contribution in [0.2, 0.25) is 0 Å². The number of nitrogens with zero attached hydrogens (tertiary/aromatic N) is 1. The molecule has 0 saturated heterocycles. The van der Waals surface area contributed by atoms with Gasteiger partial charge >= 0.3 is 0 Å². The number of anilines is 1. The number of rotatable bonds is 3. The Morgan fingerprint density at radius 1 is 1.39 bits per heavy atom. The third-order valence-electron chi connectivity index (χ3n) is 2.16. The smallest absolute Gasteiger partial charge is 0.268 e. The zero-order chi connectivity index (χ0) is 13.1. The summed E-state index contributed by atoms with van der Waals surface area (Å²) in [5.74, 6) is 1.03. The second-order valence-electron chi connectivity index (χ2n) is 3.36. The Kier molecular flexibility index (Phi) is 3.52. The SMILES string of the molecule is COc1ccc(N)cc1Oc1nc[nH]c(=O)c1Br. The van der Waals surface area contributed by atoms with E-state index >= 15 is 0 Å². The molecule has 0 aliphatic carbocycles. The molecule has 3 N–H and O–H groups in total. The molecule has 6 nitrogen and oxygen atoms in total. The van der Waals surface area contributed by atoms with E-state index in [4.69, 9.17) is 15.2 Å². The Morgan fingerprint density at radius 3 is 2.89 bits per heavy atom. The van der Waals surface area contributed by atoms with E-state index in [1.165, 1.54) is 13.4 Å². The molecular formula is C11H10BrN3O3. The lowest BCUT2D eigenvalue weighted by Crippen LogP contribution is -2.08. The van der Waals surface area contributed by atoms with Gasteiger partial charge in [-0.2, -0.15) is 0 Å². The Hall–Kier alpha value is -2.02. The minimum atomic E-state index is -0.331. The van der Waals surface area contributed by atoms with Crippen molar-refractivity contribution in [1.29, 1.82) is 0 Å². The van der Waals surface area contributed by atoms with Crippen molar-refractivity contribution in [3.8, 4) is 17.4 Å². The number of aromatic amines is 1. The van der Waals surface area contributed by atoms with Crippen LogP contribution in [0, 0.1) is 0 Å². The predicted molar refractivity (Wildman–Crippen MR) is 70.0 cm³/mol. The third-order valence-corrected chi connectivity index (χ3v) is 2.86. The van der Waals surface area contributed by atoms with Gasteiger partial charge in [0.05, 0.1) is 13.4 Å². The van der Waals surface area contributed by atoms with Gasteiger partial charge in [0.1, 0.15) is 4.47 Å². The summed E-state index contributed by atoms with van der Waals surface area (Å²) < 4.78 is 10.8. The van der Waals surface area contributed by atoms with E-state index in [-0.39, 0.29) is 15.9 Å². The number of nitrogens with one attached hydrogen (secondary N) is 1. The fourth-order valence-corrected chi connectivity index (χ4v) is 1.61. The summed E-state index contributed by atoms with van der Waals surface area (Å²) in [6.07, 6.45) is 1.25. The molecule has 1 aromatic carbocycles. The molecule has 0 saturated carbocycles. The summed E-state index contributed by atoms with van der Waals surface area (Å²) in [6.45, 7) is 0. The van der Waals surface area contributed by atoms with Gasteiger partial charge in [0.2, 0.25) is 5.88 Å². The van der Waals surface area contributed by atoms with Crippen molar-refractivity contribution < 1.29 is 9.47 Å². The lowest BCUT2D eigenvalue weighted by atomic mass is 10.3. The maximum Gasteiger partial charge on any atom is 0.268 e. The summed E-state index contributed by atoms with van der Waals surface area (Å²) in [4.78, 5) is 17.7. The number of aromatic nitrogens is 2. The number of H-pyrrole nitrogens is 1. The number of nitrogen functional groups attached to an aromatic ring is 1. The number of hydrogen-bond acceptors (Lipinski definition) is 5. The molecule has 0 amide bonds. The number of benzene rings is 1. The Labute approximate surface area is 111 Å². The Bertz CT molecular complexity index is 627. The van der Waals surface area contributed by atoms with Gasteiger partial charge in [-0.15, -0.1) is 0 Å². The van der Waals surface area contributed by atoms with Crippen LogP contribution in [0.25, 0.3) is 0 Å². The average molecular weight is 312 g/mol. The predicted octanol–water partition coefficient (Wildman–Crippen LogP) is 1.92. The van der Waals surface area contributed by atoms with Crippen LogP contribution < -0.4 is 20.8 Å². The molecule has 94 valence electrons. The molecule has 0 fully saturated rings. The molecule has 0 bridgehead atoms. The molecule has 7 heteroatoms. The lowest BCUT2D eigenvalue weighted by Gasteiger charge is -2.10. The van der Waals surface area contributed by atoms with Crippen LogP contribution in [-0.4, -0.2) is 17.1 Å². The van der Waals surface area contributed by atoms with Gasteiger partial charge in [-0.05, 0) is 28.1 Å². The summed E-state index contributed by atoms with van der Waals surface area (Å²) in [5.41, 5.74) is 5.86. The highest BCUT2D eigenvalue weighted by atomic mass is 79.9. The van der Waals surface area contributed by atoms with Crippen molar-refractivity contribution in [3.05, 3.63) is 39.4 Å². The standard InChI is InChI=1S/C11H10BrN3O3/c1-17-7-3-2-6(13)4-8(7)18-11-9(12)10(16)14-5-15-11/h2-5H,13H2,1H3,(H,14,15,16). The first kappa shape index (κ1) is 12.4. The number of hydrogen-bond donors (Lipinski definition) is 2. The molecule has 0 atom stereocenters. The Morgan fingerprint density at radius 2 is 2.17 bits per heavy atom. The molecule has 0 radical (unpaired) electrons. The van der Waals surface area contributed by atoms with Crippen molar-refractivity contribution in [3.63, 3.8) is 0 Å². The zero-order valence-corrected chi connectivity index (χ0v) is 11.0. The first-order chi connectivity index (χ1) is 8.61. The number of methoxy groups -OCH3 is 1. The monoisotopic (exact) mass is 311 g/mol. The lowest BCUT2D eigenvalue weighted by molar-refractivity contribution is 0.373. The van der Waals surface area contributed by atoms with Crippen LogP contribution in [-0.2, 0) is 0 Å². The molecule has 0 aliphatic heterocycles. The number of nitrogens with two attached hydrogens (primary N) is 1. The quantitative estimate of drug-likeness (QED) is 0.845. The van der Waals surface area contributed by atoms with E-state index in [9.17, 15) is 4.79 Å². The molecule has 0 spiro atoms. The molecule has 0 unspecified atom stereocenters. The van der Waals surface area contributed by atoms with Gasteiger partial charge in [-0.25, -0.2) is 4.98 Å². The highest BCUT2D eigenvalue weighted by Gasteiger charge is 2.11. The van der Waals surface area contributed by atoms with Crippen molar-refractivity contribution in [1.82, 2.24) is 9.97 Å². The normalized spacial score (nSPS) is 10.1. The molecule has 1 heterocycles. The average Bonchev–Trinajstić information content (AvgIpc) is 2.35. The van der Waals surface area contributed by atoms with Crippen molar-refractivity contribution in [2.24, 2.45) is 0 Å². The summed E-state index contributed by atoms with van der Waals surface area (Å²) in [5, 5.41) is 0. The van der Waals surface area contributed by atoms with Gasteiger partial charge in [-0.1, -0.05) is 0 Å². The van der Waals surface area contributed by atoms with E-state index in [0.29, 0.717) is 17.2 Å². The largest absolute Gasteiger partial charge is 0.493 e. The molecule has 18 heavy (non-hydrogen) atoms. The molecular weight excluding hydrogens is 302 g/mol. The maximum absolute atomic E-state index is 11.4. The molecule has 1 aromatic heterocycles. The highest BCUT2D eigenvalue weighted by Crippen LogP contribution is 2.33. The summed E-state index contributed by atoms with van der Waals surface area (Å²) >= 11 is 3.10. The van der Waals surface area contributed by atoms with Crippen LogP contribution in [0.15, 0.2) is 33.8 Å². The van der Waals surface area contributed by atoms with Crippen molar-refractivity contribution >= 4 is 21.6 Å². The van der Waals surface area contributed by atoms with Gasteiger partial charge in [0.25, 0.3) is 5.56 Å². The molecule has 2 rings (SSSR count). The minimum Gasteiger partial charge on any atom is -0.493 e. The zero-order valence-electron chi connectivity index (χ0n) is 9.44. The van der Waals surface area contributed by atoms with Crippen LogP contribution in [0.1, 0.15) is 0 Å². The fourth-order valence-electron chi connectivity index (χ4n) is 1.32. The van der Waals surface area contributed by atoms with E-state index in [0.717, 1.165) is 0 Å². The summed E-state index contributed by atoms with van der Waals surface area (Å²) in [7, 11) is 1.51. The van der Waals surface area contributed by atoms with Crippen LogP contribution in [0.4, 0.5) is 5.69 Å². The van der Waals surface area contributed by atoms with E-state index in [1.54, 1.807) is 18.2 Å². The maximum atomic E-state index is 11.4. The second-order valence-corrected chi connectivity index (χ2v) is 4.16.